The van der Waals surface area contributed by atoms with E-state index >= 15 is 0 Å². The molecule has 75 heavy (non-hydrogen) atoms. The highest BCUT2D eigenvalue weighted by atomic mass is 15.1. The second-order valence-electron chi connectivity index (χ2n) is 19.3. The number of anilines is 4. The fourth-order valence-electron chi connectivity index (χ4n) is 11.6. The van der Waals surface area contributed by atoms with E-state index in [9.17, 15) is 0 Å². The Bertz CT molecular complexity index is 3890. The highest BCUT2D eigenvalue weighted by Gasteiger charge is 2.46. The van der Waals surface area contributed by atoms with Crippen LogP contribution in [0.4, 0.5) is 22.7 Å². The zero-order chi connectivity index (χ0) is 50.0. The van der Waals surface area contributed by atoms with Gasteiger partial charge in [-0.1, -0.05) is 249 Å². The number of hydrogen-bond donors (Lipinski definition) is 1. The van der Waals surface area contributed by atoms with Crippen LogP contribution in [0, 0.1) is 0 Å². The maximum atomic E-state index is 3.88. The van der Waals surface area contributed by atoms with Gasteiger partial charge < -0.3 is 10.2 Å². The molecule has 2 aliphatic rings. The summed E-state index contributed by atoms with van der Waals surface area (Å²) in [6.45, 7) is 0. The second-order valence-corrected chi connectivity index (χ2v) is 19.3. The second kappa shape index (κ2) is 19.7. The van der Waals surface area contributed by atoms with E-state index in [4.69, 9.17) is 0 Å². The predicted octanol–water partition coefficient (Wildman–Crippen LogP) is 19.2. The van der Waals surface area contributed by atoms with Gasteiger partial charge >= 0.3 is 0 Å². The average molecular weight is 957 g/mol. The Balaban J connectivity index is 0.863. The van der Waals surface area contributed by atoms with Crippen molar-refractivity contribution in [2.24, 2.45) is 0 Å². The first-order chi connectivity index (χ1) is 37.2. The summed E-state index contributed by atoms with van der Waals surface area (Å²) in [4.78, 5) is 2.33. The van der Waals surface area contributed by atoms with Crippen LogP contribution in [0.5, 0.6) is 0 Å². The lowest BCUT2D eigenvalue weighted by Gasteiger charge is -2.34. The molecule has 0 aromatic heterocycles. The fourth-order valence-corrected chi connectivity index (χ4v) is 11.6. The molecule has 0 saturated heterocycles. The van der Waals surface area contributed by atoms with Gasteiger partial charge in [0.25, 0.3) is 0 Å². The summed E-state index contributed by atoms with van der Waals surface area (Å²) in [5.41, 5.74) is 24.1. The van der Waals surface area contributed by atoms with Crippen molar-refractivity contribution in [2.45, 2.75) is 5.41 Å². The largest absolute Gasteiger partial charge is 0.361 e. The van der Waals surface area contributed by atoms with Crippen molar-refractivity contribution in [3.63, 3.8) is 0 Å². The topological polar surface area (TPSA) is 15.3 Å². The van der Waals surface area contributed by atoms with E-state index in [0.717, 1.165) is 50.6 Å². The highest BCUT2D eigenvalue weighted by molar-refractivity contribution is 5.97. The highest BCUT2D eigenvalue weighted by Crippen LogP contribution is 2.56. The monoisotopic (exact) mass is 956 g/mol. The smallest absolute Gasteiger partial charge is 0.0714 e. The molecule has 0 radical (unpaired) electrons. The van der Waals surface area contributed by atoms with Crippen molar-refractivity contribution >= 4 is 34.4 Å². The zero-order valence-corrected chi connectivity index (χ0v) is 41.4. The molecule has 11 aromatic carbocycles. The van der Waals surface area contributed by atoms with E-state index in [1.54, 1.807) is 0 Å². The van der Waals surface area contributed by atoms with Gasteiger partial charge in [-0.2, -0.15) is 0 Å². The first-order valence-corrected chi connectivity index (χ1v) is 25.8. The third kappa shape index (κ3) is 8.29. The van der Waals surface area contributed by atoms with E-state index < -0.39 is 5.41 Å². The number of nitrogens with zero attached hydrogens (tertiary/aromatic N) is 1. The van der Waals surface area contributed by atoms with Crippen molar-refractivity contribution in [3.05, 3.63) is 337 Å². The third-order valence-corrected chi connectivity index (χ3v) is 15.0. The van der Waals surface area contributed by atoms with Crippen molar-refractivity contribution in [1.29, 1.82) is 0 Å². The molecule has 0 unspecified atom stereocenters. The van der Waals surface area contributed by atoms with Crippen LogP contribution in [-0.4, -0.2) is 0 Å². The zero-order valence-electron chi connectivity index (χ0n) is 41.4. The average Bonchev–Trinajstić information content (AvgIpc) is 3.78. The van der Waals surface area contributed by atoms with E-state index in [-0.39, 0.29) is 0 Å². The van der Waals surface area contributed by atoms with Gasteiger partial charge in [-0.3, -0.25) is 0 Å². The summed E-state index contributed by atoms with van der Waals surface area (Å²) in [6, 6.07) is 103. The van der Waals surface area contributed by atoms with E-state index in [1.807, 2.05) is 0 Å². The van der Waals surface area contributed by atoms with Crippen LogP contribution in [0.1, 0.15) is 27.8 Å². The van der Waals surface area contributed by atoms with E-state index in [0.29, 0.717) is 0 Å². The standard InChI is InChI=1S/C73H52N2/c1-5-20-52(21-6-1)56-23-19-24-57(50-56)53-36-42-62(43-37-53)75(61-29-11-4-12-30-61)63-44-38-55(39-45-63)64-31-15-16-33-66(64)58-41-47-69-65-32-14-13-22-54(65)40-46-68-67-34-17-18-35-70(67)73(59-25-7-2-8-26-59,60-27-9-3-10-28-60)71(68)48-49-74-72(69)51-58/h1-51,74H/b46-40-,49-48+. The van der Waals surface area contributed by atoms with Crippen molar-refractivity contribution in [2.75, 3.05) is 10.2 Å². The molecule has 0 spiro atoms. The number of hydrogen-bond acceptors (Lipinski definition) is 2. The Morgan fingerprint density at radius 1 is 0.293 bits per heavy atom. The van der Waals surface area contributed by atoms with Gasteiger partial charge in [0.05, 0.1) is 5.41 Å². The summed E-state index contributed by atoms with van der Waals surface area (Å²) in [5, 5.41) is 3.88. The number of benzene rings is 11. The molecule has 1 N–H and O–H groups in total. The molecule has 1 heterocycles. The molecule has 11 aromatic rings. The SMILES string of the molecule is C1=C\c2ccccc2-c2ccc(-c3ccccc3-c3ccc(N(c4ccccc4)c4ccc(-c5cccc(-c6ccccc6)c5)cc4)cc3)cc2N/C=C/C2=C/1c1ccccc1C2(c1ccccc1)c1ccccc1. The molecule has 2 heteroatoms. The van der Waals surface area contributed by atoms with E-state index in [2.05, 4.69) is 320 Å². The van der Waals surface area contributed by atoms with Crippen molar-refractivity contribution in [1.82, 2.24) is 0 Å². The first kappa shape index (κ1) is 45.1. The van der Waals surface area contributed by atoms with Crippen LogP contribution in [0.15, 0.2) is 309 Å². The van der Waals surface area contributed by atoms with Gasteiger partial charge in [0.15, 0.2) is 0 Å². The van der Waals surface area contributed by atoms with E-state index in [1.165, 1.54) is 66.8 Å². The Labute approximate surface area is 440 Å². The van der Waals surface area contributed by atoms with Crippen LogP contribution in [0.2, 0.25) is 0 Å². The molecule has 0 bridgehead atoms. The first-order valence-electron chi connectivity index (χ1n) is 25.8. The minimum absolute atomic E-state index is 0.539. The van der Waals surface area contributed by atoms with Gasteiger partial charge in [-0.15, -0.1) is 0 Å². The number of allylic oxidation sites excluding steroid dienone is 4. The number of fused-ring (bicyclic) bond motifs is 5. The summed E-state index contributed by atoms with van der Waals surface area (Å²) < 4.78 is 0. The van der Waals surface area contributed by atoms with Gasteiger partial charge in [0, 0.05) is 34.5 Å². The minimum atomic E-state index is -0.539. The van der Waals surface area contributed by atoms with Crippen LogP contribution < -0.4 is 10.2 Å². The minimum Gasteiger partial charge on any atom is -0.361 e. The van der Waals surface area contributed by atoms with Crippen molar-refractivity contribution < 1.29 is 0 Å². The van der Waals surface area contributed by atoms with Crippen LogP contribution in [-0.2, 0) is 5.41 Å². The van der Waals surface area contributed by atoms with Gasteiger partial charge in [0.1, 0.15) is 0 Å². The third-order valence-electron chi connectivity index (χ3n) is 15.0. The molecule has 13 rings (SSSR count). The molecule has 1 aliphatic heterocycles. The molecule has 1 aliphatic carbocycles. The number of rotatable bonds is 9. The summed E-state index contributed by atoms with van der Waals surface area (Å²) in [6.07, 6.45) is 9.13. The van der Waals surface area contributed by atoms with Gasteiger partial charge in [-0.05, 0) is 144 Å². The summed E-state index contributed by atoms with van der Waals surface area (Å²) in [5.74, 6) is 0. The molecule has 0 amide bonds. The molecule has 354 valence electrons. The van der Waals surface area contributed by atoms with Crippen LogP contribution in [0.3, 0.4) is 0 Å². The number of nitrogens with one attached hydrogen (secondary N) is 1. The lowest BCUT2D eigenvalue weighted by Crippen LogP contribution is -2.29. The summed E-state index contributed by atoms with van der Waals surface area (Å²) >= 11 is 0. The maximum absolute atomic E-state index is 3.88. The molecule has 0 atom stereocenters. The normalized spacial score (nSPS) is 14.0. The van der Waals surface area contributed by atoms with Gasteiger partial charge in [0.2, 0.25) is 0 Å². The Hall–Kier alpha value is -9.76. The molecule has 2 nitrogen and oxygen atoms in total. The van der Waals surface area contributed by atoms with Crippen molar-refractivity contribution in [3.8, 4) is 55.6 Å². The lowest BCUT2D eigenvalue weighted by atomic mass is 9.67. The molecular weight excluding hydrogens is 905 g/mol. The van der Waals surface area contributed by atoms with Crippen LogP contribution >= 0.6 is 0 Å². The predicted molar refractivity (Wildman–Crippen MR) is 316 cm³/mol. The molecule has 0 saturated carbocycles. The Morgan fingerprint density at radius 2 is 0.773 bits per heavy atom. The Morgan fingerprint density at radius 3 is 1.43 bits per heavy atom. The summed E-state index contributed by atoms with van der Waals surface area (Å²) in [7, 11) is 0. The quantitative estimate of drug-likeness (QED) is 0.155. The number of para-hydroxylation sites is 1. The fraction of sp³-hybridized carbons (Fsp3) is 0.0137. The maximum Gasteiger partial charge on any atom is 0.0714 e. The Kier molecular flexibility index (Phi) is 11.8. The van der Waals surface area contributed by atoms with Crippen LogP contribution in [0.25, 0.3) is 67.3 Å². The molecular formula is C73H52N2. The van der Waals surface area contributed by atoms with Gasteiger partial charge in [-0.25, -0.2) is 0 Å². The molecule has 0 fully saturated rings. The lowest BCUT2D eigenvalue weighted by molar-refractivity contribution is 0.761.